The monoisotopic (exact) mass is 516 g/mol. The molecule has 2 aromatic rings. The van der Waals surface area contributed by atoms with Crippen LogP contribution in [0.4, 0.5) is 0 Å². The highest BCUT2D eigenvalue weighted by molar-refractivity contribution is 8.26. The van der Waals surface area contributed by atoms with Crippen LogP contribution in [-0.2, 0) is 9.47 Å². The summed E-state index contributed by atoms with van der Waals surface area (Å²) in [6, 6.07) is 11.0. The molecule has 3 rings (SSSR count). The number of benzene rings is 2. The van der Waals surface area contributed by atoms with Crippen molar-refractivity contribution >= 4 is 33.5 Å². The van der Waals surface area contributed by atoms with E-state index in [9.17, 15) is 0 Å². The Labute approximate surface area is 214 Å². The van der Waals surface area contributed by atoms with Crippen molar-refractivity contribution in [3.8, 4) is 11.5 Å². The van der Waals surface area contributed by atoms with Crippen LogP contribution in [0.2, 0.25) is 5.02 Å². The molecule has 0 saturated carbocycles. The maximum absolute atomic E-state index is 9.02. The van der Waals surface area contributed by atoms with Gasteiger partial charge in [-0.15, -0.1) is 0 Å². The van der Waals surface area contributed by atoms with E-state index in [1.165, 1.54) is 0 Å². The smallest absolute Gasteiger partial charge is 0.141 e. The maximum Gasteiger partial charge on any atom is 0.141 e. The number of hydrogen-bond acceptors (Lipinski definition) is 8. The van der Waals surface area contributed by atoms with E-state index in [4.69, 9.17) is 46.5 Å². The number of halogens is 1. The van der Waals surface area contributed by atoms with Gasteiger partial charge in [0.1, 0.15) is 39.5 Å². The Morgan fingerprint density at radius 1 is 1.20 bits per heavy atom. The minimum absolute atomic E-state index is 0.0236. The van der Waals surface area contributed by atoms with Gasteiger partial charge in [-0.1, -0.05) is 54.2 Å². The van der Waals surface area contributed by atoms with Crippen LogP contribution in [0.15, 0.2) is 60.4 Å². The fourth-order valence-corrected chi connectivity index (χ4v) is 4.50. The second-order valence-corrected chi connectivity index (χ2v) is 9.13. The molecule has 9 heteroatoms. The molecule has 2 unspecified atom stereocenters. The Bertz CT molecular complexity index is 1110. The van der Waals surface area contributed by atoms with Crippen molar-refractivity contribution < 1.29 is 24.1 Å². The first-order chi connectivity index (χ1) is 16.8. The van der Waals surface area contributed by atoms with Gasteiger partial charge < -0.3 is 24.1 Å². The summed E-state index contributed by atoms with van der Waals surface area (Å²) in [5.74, 6) is 1.69. The normalized spacial score (nSPS) is 15.7. The lowest BCUT2D eigenvalue weighted by Crippen LogP contribution is -2.10. The number of ether oxygens (including phenoxy) is 4. The van der Waals surface area contributed by atoms with Gasteiger partial charge in [0, 0.05) is 29.7 Å². The number of hydrogen-bond donors (Lipinski definition) is 3. The van der Waals surface area contributed by atoms with Crippen LogP contribution in [-0.4, -0.2) is 42.6 Å². The fourth-order valence-electron chi connectivity index (χ4n) is 3.67. The van der Waals surface area contributed by atoms with Gasteiger partial charge in [-0.3, -0.25) is 10.8 Å². The van der Waals surface area contributed by atoms with Crippen LogP contribution >= 0.6 is 23.4 Å². The van der Waals surface area contributed by atoms with Gasteiger partial charge in [0.15, 0.2) is 0 Å². The second kappa shape index (κ2) is 12.3. The van der Waals surface area contributed by atoms with Crippen LogP contribution in [0.25, 0.3) is 0 Å². The zero-order valence-electron chi connectivity index (χ0n) is 19.9. The molecule has 0 fully saturated rings. The lowest BCUT2D eigenvalue weighted by atomic mass is 9.99. The number of aliphatic hydroxyl groups is 1. The van der Waals surface area contributed by atoms with E-state index in [1.54, 1.807) is 26.4 Å². The van der Waals surface area contributed by atoms with Gasteiger partial charge >= 0.3 is 0 Å². The quantitative estimate of drug-likeness (QED) is 0.262. The predicted molar refractivity (Wildman–Crippen MR) is 140 cm³/mol. The molecule has 2 aromatic carbocycles. The molecule has 0 radical (unpaired) electrons. The first-order valence-corrected chi connectivity index (χ1v) is 12.2. The molecular formula is C26H29ClN2O5S. The summed E-state index contributed by atoms with van der Waals surface area (Å²) < 4.78 is 23.0. The summed E-state index contributed by atoms with van der Waals surface area (Å²) in [5.41, 5.74) is 3.10. The average Bonchev–Trinajstić information content (AvgIpc) is 3.37. The van der Waals surface area contributed by atoms with Crippen molar-refractivity contribution in [1.29, 1.82) is 10.8 Å². The predicted octanol–water partition coefficient (Wildman–Crippen LogP) is 6.06. The van der Waals surface area contributed by atoms with Gasteiger partial charge in [-0.25, -0.2) is 0 Å². The van der Waals surface area contributed by atoms with Gasteiger partial charge in [-0.2, -0.15) is 0 Å². The van der Waals surface area contributed by atoms with E-state index >= 15 is 0 Å². The van der Waals surface area contributed by atoms with Crippen LogP contribution in [0.5, 0.6) is 11.5 Å². The van der Waals surface area contributed by atoms with E-state index in [-0.39, 0.29) is 22.8 Å². The number of methoxy groups -OCH3 is 2. The molecule has 0 amide bonds. The highest BCUT2D eigenvalue weighted by Crippen LogP contribution is 2.43. The third-order valence-corrected chi connectivity index (χ3v) is 6.62. The van der Waals surface area contributed by atoms with Crippen molar-refractivity contribution in [1.82, 2.24) is 0 Å². The number of nitrogens with one attached hydrogen (secondary N) is 2. The SMILES string of the molecule is C=C(C1=CCC(c2cc(OC)c(Cl)c(OC)c2)O1)C(OCC)c1ccc(C(=N)SC(=N)CO)cc1. The summed E-state index contributed by atoms with van der Waals surface area (Å²) in [7, 11) is 3.11. The molecule has 0 spiro atoms. The molecule has 35 heavy (non-hydrogen) atoms. The number of thioether (sulfide) groups is 1. The molecule has 0 aromatic heterocycles. The summed E-state index contributed by atoms with van der Waals surface area (Å²) in [5, 5.41) is 25.3. The van der Waals surface area contributed by atoms with E-state index in [0.29, 0.717) is 46.4 Å². The second-order valence-electron chi connectivity index (χ2n) is 7.65. The van der Waals surface area contributed by atoms with Crippen molar-refractivity contribution in [2.24, 2.45) is 0 Å². The third-order valence-electron chi connectivity index (χ3n) is 5.44. The Morgan fingerprint density at radius 2 is 1.83 bits per heavy atom. The first kappa shape index (κ1) is 26.8. The minimum Gasteiger partial charge on any atom is -0.495 e. The van der Waals surface area contributed by atoms with Crippen LogP contribution in [0, 0.1) is 10.8 Å². The van der Waals surface area contributed by atoms with E-state index in [2.05, 4.69) is 6.58 Å². The molecule has 2 atom stereocenters. The van der Waals surface area contributed by atoms with Gasteiger partial charge in [0.25, 0.3) is 0 Å². The molecule has 1 aliphatic heterocycles. The first-order valence-electron chi connectivity index (χ1n) is 11.0. The molecule has 0 bridgehead atoms. The maximum atomic E-state index is 9.02. The van der Waals surface area contributed by atoms with Crippen molar-refractivity contribution in [2.75, 3.05) is 27.4 Å². The van der Waals surface area contributed by atoms with Gasteiger partial charge in [0.05, 0.1) is 25.9 Å². The molecule has 186 valence electrons. The Hall–Kier alpha value is -2.78. The van der Waals surface area contributed by atoms with Crippen LogP contribution in [0.3, 0.4) is 0 Å². The largest absolute Gasteiger partial charge is 0.495 e. The summed E-state index contributed by atoms with van der Waals surface area (Å²) in [6.45, 7) is 6.27. The summed E-state index contributed by atoms with van der Waals surface area (Å²) in [6.07, 6.45) is 1.97. The molecule has 0 aliphatic carbocycles. The average molecular weight is 517 g/mol. The van der Waals surface area contributed by atoms with Crippen LogP contribution in [0.1, 0.15) is 42.2 Å². The van der Waals surface area contributed by atoms with E-state index < -0.39 is 6.10 Å². The molecule has 7 nitrogen and oxygen atoms in total. The lowest BCUT2D eigenvalue weighted by molar-refractivity contribution is 0.0765. The van der Waals surface area contributed by atoms with Gasteiger partial charge in [-0.05, 0) is 30.7 Å². The number of rotatable bonds is 10. The minimum atomic E-state index is -0.425. The van der Waals surface area contributed by atoms with Gasteiger partial charge in [0.2, 0.25) is 0 Å². The summed E-state index contributed by atoms with van der Waals surface area (Å²) >= 11 is 7.22. The molecular weight excluding hydrogens is 488 g/mol. The number of aliphatic hydroxyl groups excluding tert-OH is 1. The highest BCUT2D eigenvalue weighted by atomic mass is 35.5. The zero-order valence-corrected chi connectivity index (χ0v) is 21.5. The van der Waals surface area contributed by atoms with E-state index in [1.807, 2.05) is 37.3 Å². The Balaban J connectivity index is 1.76. The van der Waals surface area contributed by atoms with E-state index in [0.717, 1.165) is 22.9 Å². The lowest BCUT2D eigenvalue weighted by Gasteiger charge is -2.23. The summed E-state index contributed by atoms with van der Waals surface area (Å²) in [4.78, 5) is 0. The fraction of sp³-hybridized carbons (Fsp3) is 0.308. The van der Waals surface area contributed by atoms with Crippen molar-refractivity contribution in [3.05, 3.63) is 82.1 Å². The third kappa shape index (κ3) is 6.27. The molecule has 3 N–H and O–H groups in total. The molecule has 0 saturated heterocycles. The van der Waals surface area contributed by atoms with Crippen LogP contribution < -0.4 is 9.47 Å². The highest BCUT2D eigenvalue weighted by Gasteiger charge is 2.28. The Kier molecular flexibility index (Phi) is 9.40. The van der Waals surface area contributed by atoms with Crippen molar-refractivity contribution in [2.45, 2.75) is 25.6 Å². The molecule has 1 aliphatic rings. The molecule has 1 heterocycles. The zero-order chi connectivity index (χ0) is 25.5. The standard InChI is InChI=1S/C26H29ClN2O5S/c1-5-33-25(16-6-8-17(9-7-16)26(29)35-23(28)14-30)15(2)19-10-11-20(34-19)18-12-21(31-3)24(27)22(13-18)32-4/h6-10,12-13,20,25,28-30H,2,5,11,14H2,1,3-4H3. The Morgan fingerprint density at radius 3 is 2.37 bits per heavy atom. The van der Waals surface area contributed by atoms with Crippen molar-refractivity contribution in [3.63, 3.8) is 0 Å². The topological polar surface area (TPSA) is 105 Å².